The van der Waals surface area contributed by atoms with Crippen LogP contribution in [-0.2, 0) is 19.1 Å². The van der Waals surface area contributed by atoms with Crippen molar-refractivity contribution in [3.8, 4) is 0 Å². The van der Waals surface area contributed by atoms with E-state index < -0.39 is 7.92 Å². The van der Waals surface area contributed by atoms with Gasteiger partial charge in [0.15, 0.2) is 0 Å². The highest BCUT2D eigenvalue weighted by atomic mass is 31.1. The average molecular weight is 272 g/mol. The molecule has 0 aliphatic heterocycles. The molecule has 5 heteroatoms. The molecule has 0 radical (unpaired) electrons. The Morgan fingerprint density at radius 3 is 2.11 bits per heavy atom. The zero-order valence-electron chi connectivity index (χ0n) is 11.6. The first-order valence-corrected chi connectivity index (χ1v) is 7.58. The average Bonchev–Trinajstić information content (AvgIpc) is 2.32. The second-order valence-electron chi connectivity index (χ2n) is 4.60. The van der Waals surface area contributed by atoms with Crippen molar-refractivity contribution in [2.75, 3.05) is 27.0 Å². The highest BCUT2D eigenvalue weighted by molar-refractivity contribution is 7.60. The first-order valence-electron chi connectivity index (χ1n) is 5.54. The standard InChI is InChI=1S/C13H21O4P/c1-13(2,8-6-11(14)16-3)10-18(5)9-7-12(15)17-4/h6-9H,10H2,1-5H3/b8-6+,9-7+. The maximum Gasteiger partial charge on any atom is 0.330 e. The molecule has 0 saturated heterocycles. The molecule has 0 saturated carbocycles. The summed E-state index contributed by atoms with van der Waals surface area (Å²) in [5.41, 5.74) is -0.116. The van der Waals surface area contributed by atoms with Gasteiger partial charge >= 0.3 is 11.9 Å². The zero-order valence-corrected chi connectivity index (χ0v) is 12.5. The number of rotatable bonds is 6. The van der Waals surface area contributed by atoms with Crippen molar-refractivity contribution in [3.05, 3.63) is 24.0 Å². The molecule has 18 heavy (non-hydrogen) atoms. The lowest BCUT2D eigenvalue weighted by Crippen LogP contribution is -2.12. The van der Waals surface area contributed by atoms with Crippen LogP contribution in [-0.4, -0.2) is 39.0 Å². The number of hydrogen-bond acceptors (Lipinski definition) is 4. The summed E-state index contributed by atoms with van der Waals surface area (Å²) in [6, 6.07) is 0. The minimum atomic E-state index is -0.427. The van der Waals surface area contributed by atoms with E-state index in [0.717, 1.165) is 6.16 Å². The molecule has 0 aliphatic rings. The third-order valence-electron chi connectivity index (χ3n) is 2.19. The van der Waals surface area contributed by atoms with Crippen LogP contribution in [0, 0.1) is 5.41 Å². The van der Waals surface area contributed by atoms with Gasteiger partial charge in [-0.3, -0.25) is 0 Å². The predicted molar refractivity (Wildman–Crippen MR) is 73.8 cm³/mol. The van der Waals surface area contributed by atoms with Gasteiger partial charge in [0.05, 0.1) is 14.2 Å². The van der Waals surface area contributed by atoms with Gasteiger partial charge in [-0.05, 0) is 18.2 Å². The maximum absolute atomic E-state index is 11.0. The zero-order chi connectivity index (χ0) is 14.2. The fraction of sp³-hybridized carbons (Fsp3) is 0.538. The summed E-state index contributed by atoms with van der Waals surface area (Å²) in [6.45, 7) is 6.15. The molecule has 1 unspecified atom stereocenters. The third kappa shape index (κ3) is 8.02. The molecule has 0 aliphatic carbocycles. The molecule has 0 heterocycles. The Hall–Kier alpha value is -1.15. The Balaban J connectivity index is 4.39. The van der Waals surface area contributed by atoms with E-state index in [9.17, 15) is 9.59 Å². The fourth-order valence-electron chi connectivity index (χ4n) is 1.37. The van der Waals surface area contributed by atoms with Crippen LogP contribution in [0.2, 0.25) is 0 Å². The maximum atomic E-state index is 11.0. The Bertz CT molecular complexity index is 345. The summed E-state index contributed by atoms with van der Waals surface area (Å²) in [5.74, 6) is 1.18. The van der Waals surface area contributed by atoms with Crippen molar-refractivity contribution in [3.63, 3.8) is 0 Å². The van der Waals surface area contributed by atoms with Gasteiger partial charge in [0.25, 0.3) is 0 Å². The molecule has 0 rings (SSSR count). The van der Waals surface area contributed by atoms with Crippen LogP contribution in [0.15, 0.2) is 24.0 Å². The molecule has 0 aromatic carbocycles. The Kier molecular flexibility index (Phi) is 7.53. The van der Waals surface area contributed by atoms with Gasteiger partial charge in [0, 0.05) is 12.2 Å². The van der Waals surface area contributed by atoms with Gasteiger partial charge < -0.3 is 9.47 Å². The molecule has 1 atom stereocenters. The van der Waals surface area contributed by atoms with Crippen LogP contribution in [0.5, 0.6) is 0 Å². The molecule has 0 bridgehead atoms. The van der Waals surface area contributed by atoms with Gasteiger partial charge in [-0.2, -0.15) is 0 Å². The fourth-order valence-corrected chi connectivity index (χ4v) is 3.24. The molecule has 0 fully saturated rings. The highest BCUT2D eigenvalue weighted by Crippen LogP contribution is 2.40. The molecule has 0 spiro atoms. The van der Waals surface area contributed by atoms with E-state index in [1.54, 1.807) is 0 Å². The van der Waals surface area contributed by atoms with E-state index in [2.05, 4.69) is 16.1 Å². The highest BCUT2D eigenvalue weighted by Gasteiger charge is 2.17. The minimum absolute atomic E-state index is 0.116. The van der Waals surface area contributed by atoms with E-state index in [4.69, 9.17) is 0 Å². The summed E-state index contributed by atoms with van der Waals surface area (Å²) in [7, 11) is 2.28. The van der Waals surface area contributed by atoms with Crippen molar-refractivity contribution in [2.24, 2.45) is 5.41 Å². The molecule has 0 aromatic heterocycles. The molecule has 0 aromatic rings. The first-order chi connectivity index (χ1) is 8.30. The number of ether oxygens (including phenoxy) is 2. The van der Waals surface area contributed by atoms with Crippen LogP contribution in [0.1, 0.15) is 13.8 Å². The van der Waals surface area contributed by atoms with Crippen LogP contribution >= 0.6 is 7.92 Å². The largest absolute Gasteiger partial charge is 0.466 e. The van der Waals surface area contributed by atoms with E-state index in [0.29, 0.717) is 0 Å². The van der Waals surface area contributed by atoms with Crippen molar-refractivity contribution in [2.45, 2.75) is 13.8 Å². The second kappa shape index (κ2) is 8.04. The molecular weight excluding hydrogens is 251 g/mol. The summed E-state index contributed by atoms with van der Waals surface area (Å²) < 4.78 is 9.08. The molecule has 102 valence electrons. The minimum Gasteiger partial charge on any atom is -0.466 e. The van der Waals surface area contributed by atoms with Crippen LogP contribution in [0.25, 0.3) is 0 Å². The summed E-state index contributed by atoms with van der Waals surface area (Å²) >= 11 is 0. The Morgan fingerprint density at radius 1 is 1.11 bits per heavy atom. The SMILES string of the molecule is COC(=O)/C=C/P(C)CC(C)(C)/C=C/C(=O)OC. The normalized spacial score (nSPS) is 13.8. The number of hydrogen-bond donors (Lipinski definition) is 0. The van der Waals surface area contributed by atoms with Gasteiger partial charge in [-0.15, -0.1) is 0 Å². The third-order valence-corrected chi connectivity index (χ3v) is 4.17. The van der Waals surface area contributed by atoms with Gasteiger partial charge in [-0.25, -0.2) is 9.59 Å². The molecular formula is C13H21O4P. The van der Waals surface area contributed by atoms with E-state index in [1.165, 1.54) is 26.4 Å². The number of carbonyl (C=O) groups is 2. The topological polar surface area (TPSA) is 52.6 Å². The van der Waals surface area contributed by atoms with E-state index in [1.807, 2.05) is 25.7 Å². The van der Waals surface area contributed by atoms with Crippen molar-refractivity contribution >= 4 is 19.9 Å². The molecule has 4 nitrogen and oxygen atoms in total. The number of carbonyl (C=O) groups excluding carboxylic acids is 2. The number of methoxy groups -OCH3 is 2. The number of allylic oxidation sites excluding steroid dienone is 1. The Labute approximate surface area is 110 Å². The van der Waals surface area contributed by atoms with Crippen molar-refractivity contribution in [1.82, 2.24) is 0 Å². The molecule has 0 amide bonds. The lowest BCUT2D eigenvalue weighted by atomic mass is 9.96. The summed E-state index contributed by atoms with van der Waals surface area (Å²) in [6.07, 6.45) is 5.60. The number of esters is 2. The van der Waals surface area contributed by atoms with Crippen LogP contribution in [0.4, 0.5) is 0 Å². The van der Waals surface area contributed by atoms with Gasteiger partial charge in [0.2, 0.25) is 0 Å². The predicted octanol–water partition coefficient (Wildman–Crippen LogP) is 2.54. The van der Waals surface area contributed by atoms with Crippen molar-refractivity contribution in [1.29, 1.82) is 0 Å². The Morgan fingerprint density at radius 2 is 1.61 bits per heavy atom. The van der Waals surface area contributed by atoms with Crippen LogP contribution in [0.3, 0.4) is 0 Å². The monoisotopic (exact) mass is 272 g/mol. The lowest BCUT2D eigenvalue weighted by molar-refractivity contribution is -0.135. The quantitative estimate of drug-likeness (QED) is 0.423. The molecule has 0 N–H and O–H groups in total. The summed E-state index contributed by atoms with van der Waals surface area (Å²) in [4.78, 5) is 22.0. The first kappa shape index (κ1) is 16.9. The van der Waals surface area contributed by atoms with Crippen molar-refractivity contribution < 1.29 is 19.1 Å². The summed E-state index contributed by atoms with van der Waals surface area (Å²) in [5, 5.41) is 0. The van der Waals surface area contributed by atoms with Gasteiger partial charge in [-0.1, -0.05) is 33.7 Å². The smallest absolute Gasteiger partial charge is 0.330 e. The lowest BCUT2D eigenvalue weighted by Gasteiger charge is -2.23. The second-order valence-corrected chi connectivity index (χ2v) is 6.73. The van der Waals surface area contributed by atoms with E-state index in [-0.39, 0.29) is 17.4 Å². The van der Waals surface area contributed by atoms with Gasteiger partial charge in [0.1, 0.15) is 0 Å². The van der Waals surface area contributed by atoms with E-state index >= 15 is 0 Å². The van der Waals surface area contributed by atoms with Crippen LogP contribution < -0.4 is 0 Å².